The predicted octanol–water partition coefficient (Wildman–Crippen LogP) is 5.11. The molecule has 3 aromatic rings. The standard InChI is InChI=1S/C20H21NO/c1-20(2,3)19-13-12-16-17(21-19)10-7-11-18(16)22-14-15-8-5-4-6-9-15/h4-13H,14H2,1-3H3. The summed E-state index contributed by atoms with van der Waals surface area (Å²) in [5.41, 5.74) is 3.30. The predicted molar refractivity (Wildman–Crippen MR) is 91.2 cm³/mol. The van der Waals surface area contributed by atoms with Crippen molar-refractivity contribution in [3.63, 3.8) is 0 Å². The Morgan fingerprint density at radius 3 is 2.36 bits per heavy atom. The fourth-order valence-corrected chi connectivity index (χ4v) is 2.41. The molecule has 0 spiro atoms. The van der Waals surface area contributed by atoms with Gasteiger partial charge in [0.25, 0.3) is 0 Å². The van der Waals surface area contributed by atoms with Crippen molar-refractivity contribution in [1.29, 1.82) is 0 Å². The lowest BCUT2D eigenvalue weighted by Gasteiger charge is -2.18. The van der Waals surface area contributed by atoms with Crippen LogP contribution in [0.4, 0.5) is 0 Å². The largest absolute Gasteiger partial charge is 0.488 e. The Hall–Kier alpha value is -2.35. The van der Waals surface area contributed by atoms with Crippen LogP contribution in [0, 0.1) is 0 Å². The highest BCUT2D eigenvalue weighted by atomic mass is 16.5. The van der Waals surface area contributed by atoms with Gasteiger partial charge < -0.3 is 4.74 Å². The Labute approximate surface area is 131 Å². The van der Waals surface area contributed by atoms with Gasteiger partial charge in [-0.05, 0) is 29.8 Å². The zero-order valence-electron chi connectivity index (χ0n) is 13.3. The molecule has 1 heterocycles. The number of ether oxygens (including phenoxy) is 1. The first-order valence-corrected chi connectivity index (χ1v) is 7.61. The molecule has 0 unspecified atom stereocenters. The van der Waals surface area contributed by atoms with Crippen molar-refractivity contribution in [2.45, 2.75) is 32.8 Å². The number of nitrogens with zero attached hydrogens (tertiary/aromatic N) is 1. The summed E-state index contributed by atoms with van der Waals surface area (Å²) in [5, 5.41) is 1.06. The molecule has 0 fully saturated rings. The van der Waals surface area contributed by atoms with Crippen LogP contribution in [-0.2, 0) is 12.0 Å². The van der Waals surface area contributed by atoms with E-state index in [-0.39, 0.29) is 5.41 Å². The molecule has 0 amide bonds. The molecule has 112 valence electrons. The average Bonchev–Trinajstić information content (AvgIpc) is 2.52. The summed E-state index contributed by atoms with van der Waals surface area (Å²) in [4.78, 5) is 4.78. The van der Waals surface area contributed by atoms with Gasteiger partial charge in [0.15, 0.2) is 0 Å². The Morgan fingerprint density at radius 2 is 1.64 bits per heavy atom. The zero-order valence-corrected chi connectivity index (χ0v) is 13.3. The monoisotopic (exact) mass is 291 g/mol. The van der Waals surface area contributed by atoms with E-state index in [0.717, 1.165) is 22.3 Å². The smallest absolute Gasteiger partial charge is 0.129 e. The van der Waals surface area contributed by atoms with Crippen LogP contribution in [0.2, 0.25) is 0 Å². The van der Waals surface area contributed by atoms with Crippen LogP contribution < -0.4 is 4.74 Å². The molecule has 22 heavy (non-hydrogen) atoms. The van der Waals surface area contributed by atoms with Crippen molar-refractivity contribution < 1.29 is 4.74 Å². The van der Waals surface area contributed by atoms with Gasteiger partial charge in [0.1, 0.15) is 12.4 Å². The quantitative estimate of drug-likeness (QED) is 0.669. The zero-order chi connectivity index (χ0) is 15.6. The van der Waals surface area contributed by atoms with Gasteiger partial charge >= 0.3 is 0 Å². The van der Waals surface area contributed by atoms with Gasteiger partial charge in [-0.3, -0.25) is 4.98 Å². The number of fused-ring (bicyclic) bond motifs is 1. The minimum atomic E-state index is 0.0507. The van der Waals surface area contributed by atoms with E-state index in [1.807, 2.05) is 36.4 Å². The van der Waals surface area contributed by atoms with Crippen LogP contribution in [0.15, 0.2) is 60.7 Å². The van der Waals surface area contributed by atoms with Crippen molar-refractivity contribution in [1.82, 2.24) is 4.98 Å². The van der Waals surface area contributed by atoms with Crippen molar-refractivity contribution in [2.24, 2.45) is 0 Å². The summed E-state index contributed by atoms with van der Waals surface area (Å²) in [6.07, 6.45) is 0. The van der Waals surface area contributed by atoms with E-state index in [1.165, 1.54) is 5.56 Å². The average molecular weight is 291 g/mol. The number of rotatable bonds is 3. The Kier molecular flexibility index (Phi) is 3.84. The lowest BCUT2D eigenvalue weighted by atomic mass is 9.91. The topological polar surface area (TPSA) is 22.1 Å². The first-order chi connectivity index (χ1) is 10.5. The molecule has 0 radical (unpaired) electrons. The van der Waals surface area contributed by atoms with Gasteiger partial charge in [-0.15, -0.1) is 0 Å². The summed E-state index contributed by atoms with van der Waals surface area (Å²) in [6, 6.07) is 20.5. The minimum absolute atomic E-state index is 0.0507. The van der Waals surface area contributed by atoms with E-state index in [0.29, 0.717) is 6.61 Å². The number of benzene rings is 2. The molecular weight excluding hydrogens is 270 g/mol. The van der Waals surface area contributed by atoms with Gasteiger partial charge in [0.05, 0.1) is 5.52 Å². The first-order valence-electron chi connectivity index (χ1n) is 7.61. The van der Waals surface area contributed by atoms with Gasteiger partial charge in [-0.1, -0.05) is 57.2 Å². The fraction of sp³-hybridized carbons (Fsp3) is 0.250. The molecule has 0 N–H and O–H groups in total. The first kappa shape index (κ1) is 14.6. The van der Waals surface area contributed by atoms with Gasteiger partial charge in [-0.2, -0.15) is 0 Å². The summed E-state index contributed by atoms with van der Waals surface area (Å²) in [5.74, 6) is 0.884. The Balaban J connectivity index is 1.90. The summed E-state index contributed by atoms with van der Waals surface area (Å²) in [6.45, 7) is 7.10. The highest BCUT2D eigenvalue weighted by molar-refractivity contribution is 5.85. The van der Waals surface area contributed by atoms with E-state index in [4.69, 9.17) is 9.72 Å². The molecule has 0 aliphatic heterocycles. The van der Waals surface area contributed by atoms with Crippen LogP contribution in [0.3, 0.4) is 0 Å². The number of pyridine rings is 1. The second-order valence-corrected chi connectivity index (χ2v) is 6.54. The lowest BCUT2D eigenvalue weighted by Crippen LogP contribution is -2.13. The van der Waals surface area contributed by atoms with E-state index >= 15 is 0 Å². The van der Waals surface area contributed by atoms with Crippen LogP contribution in [-0.4, -0.2) is 4.98 Å². The van der Waals surface area contributed by atoms with Crippen molar-refractivity contribution in [2.75, 3.05) is 0 Å². The third kappa shape index (κ3) is 3.11. The molecule has 0 saturated carbocycles. The highest BCUT2D eigenvalue weighted by Gasteiger charge is 2.16. The second kappa shape index (κ2) is 5.80. The van der Waals surface area contributed by atoms with Gasteiger partial charge in [-0.25, -0.2) is 0 Å². The summed E-state index contributed by atoms with van der Waals surface area (Å²) >= 11 is 0. The van der Waals surface area contributed by atoms with E-state index in [2.05, 4.69) is 45.0 Å². The maximum Gasteiger partial charge on any atom is 0.129 e. The number of aromatic nitrogens is 1. The Bertz CT molecular complexity index is 773. The van der Waals surface area contributed by atoms with Crippen LogP contribution in [0.5, 0.6) is 5.75 Å². The van der Waals surface area contributed by atoms with Crippen molar-refractivity contribution in [3.8, 4) is 5.75 Å². The fourth-order valence-electron chi connectivity index (χ4n) is 2.41. The SMILES string of the molecule is CC(C)(C)c1ccc2c(OCc3ccccc3)cccc2n1. The van der Waals surface area contributed by atoms with Crippen LogP contribution >= 0.6 is 0 Å². The summed E-state index contributed by atoms with van der Waals surface area (Å²) in [7, 11) is 0. The highest BCUT2D eigenvalue weighted by Crippen LogP contribution is 2.28. The molecule has 2 nitrogen and oxygen atoms in total. The third-order valence-electron chi connectivity index (χ3n) is 3.70. The number of hydrogen-bond donors (Lipinski definition) is 0. The third-order valence-corrected chi connectivity index (χ3v) is 3.70. The van der Waals surface area contributed by atoms with E-state index in [9.17, 15) is 0 Å². The summed E-state index contributed by atoms with van der Waals surface area (Å²) < 4.78 is 5.99. The van der Waals surface area contributed by atoms with Crippen LogP contribution in [0.25, 0.3) is 10.9 Å². The van der Waals surface area contributed by atoms with Crippen molar-refractivity contribution >= 4 is 10.9 Å². The molecule has 0 aliphatic rings. The molecule has 3 rings (SSSR count). The molecular formula is C20H21NO. The molecule has 0 saturated heterocycles. The van der Waals surface area contributed by atoms with Gasteiger partial charge in [0.2, 0.25) is 0 Å². The molecule has 0 bridgehead atoms. The van der Waals surface area contributed by atoms with Crippen molar-refractivity contribution in [3.05, 3.63) is 71.9 Å². The maximum absolute atomic E-state index is 5.99. The second-order valence-electron chi connectivity index (χ2n) is 6.54. The van der Waals surface area contributed by atoms with E-state index in [1.54, 1.807) is 0 Å². The molecule has 0 atom stereocenters. The Morgan fingerprint density at radius 1 is 0.864 bits per heavy atom. The van der Waals surface area contributed by atoms with Crippen LogP contribution in [0.1, 0.15) is 32.0 Å². The maximum atomic E-state index is 5.99. The molecule has 1 aromatic heterocycles. The molecule has 0 aliphatic carbocycles. The van der Waals surface area contributed by atoms with Gasteiger partial charge in [0, 0.05) is 16.5 Å². The minimum Gasteiger partial charge on any atom is -0.488 e. The molecule has 2 aromatic carbocycles. The molecule has 2 heteroatoms. The number of hydrogen-bond acceptors (Lipinski definition) is 2. The normalized spacial score (nSPS) is 11.6. The van der Waals surface area contributed by atoms with E-state index < -0.39 is 0 Å². The lowest BCUT2D eigenvalue weighted by molar-refractivity contribution is 0.310.